The van der Waals surface area contributed by atoms with Crippen molar-refractivity contribution >= 4 is 96.6 Å². The van der Waals surface area contributed by atoms with Gasteiger partial charge in [0.05, 0.1) is 38.0 Å². The number of nitrogens with two attached hydrogens (primary N) is 3. The summed E-state index contributed by atoms with van der Waals surface area (Å²) in [5, 5.41) is 12.8. The van der Waals surface area contributed by atoms with Gasteiger partial charge in [-0.1, -0.05) is 36.0 Å². The zero-order valence-electron chi connectivity index (χ0n) is 45.0. The molecule has 436 valence electrons. The Bertz CT molecular complexity index is 2930. The number of nitrogens with zero attached hydrogens (tertiary/aromatic N) is 8. The van der Waals surface area contributed by atoms with Crippen molar-refractivity contribution in [1.29, 1.82) is 0 Å². The number of fused-ring (bicyclic) bond motifs is 2. The number of hydrogen-bond acceptors (Lipinski definition) is 19. The van der Waals surface area contributed by atoms with E-state index in [4.69, 9.17) is 78.8 Å². The maximum absolute atomic E-state index is 14.1. The van der Waals surface area contributed by atoms with Gasteiger partial charge in [-0.15, -0.1) is 12.4 Å². The number of nitrogen functional groups attached to an aromatic ring is 2. The number of halogens is 3. The third-order valence-corrected chi connectivity index (χ3v) is 14.7. The molecule has 24 nitrogen and oxygen atoms in total. The first-order chi connectivity index (χ1) is 36.7. The molecule has 0 bridgehead atoms. The Morgan fingerprint density at radius 1 is 0.684 bits per heavy atom. The largest absolute Gasteiger partial charge is 0.508 e. The van der Waals surface area contributed by atoms with Gasteiger partial charge in [0.1, 0.15) is 71.2 Å². The number of rotatable bonds is 18. The van der Waals surface area contributed by atoms with E-state index >= 15 is 0 Å². The second kappa shape index (κ2) is 30.5. The van der Waals surface area contributed by atoms with E-state index in [-0.39, 0.29) is 54.3 Å². The molecule has 4 heterocycles. The van der Waals surface area contributed by atoms with Crippen LogP contribution in [-0.4, -0.2) is 114 Å². The lowest BCUT2D eigenvalue weighted by Gasteiger charge is -2.32. The molecule has 4 aromatic heterocycles. The Labute approximate surface area is 475 Å². The monoisotopic (exact) mass is 1200 g/mol. The summed E-state index contributed by atoms with van der Waals surface area (Å²) in [5.41, 5.74) is 17.1. The summed E-state index contributed by atoms with van der Waals surface area (Å²) in [7, 11) is -7.93. The standard InChI is InChI=1S/C25H34ClN6O5P.C10H19NO2.C9H14N5O4P.C6H5ClO.ClH/c1-17(13-32-15-30-21-22(27)28-14-29-23(21)32)35-16-38(34,37-20-11-9-18(26)10-12-20)31-25(2,3)24(33)36-19-7-5-4-6-8-19;1-10(2,11)9(12)13-8-6-4-3-5-7-8;1-6(18-5-19(15,16)17)2-14-4-13-7-8(10)11-3-12-9(7)14;7-5-1-3-6(8)4-2-5;/h9-12,14-15,17,19H,4-8,13,16H2,1-3H3,(H,31,34)(H2,27,28,29);8H,3-7,11H2,1-2H3;3-4,6H,2,5H2,1H3,(H2,10,11,12)(H2,15,16,17);1-4,8H;1H/t17-,38?;;6-;;/m1.1../s1. The molecule has 8 rings (SSSR count). The predicted octanol–water partition coefficient (Wildman–Crippen LogP) is 8.96. The third-order valence-electron chi connectivity index (χ3n) is 11.9. The van der Waals surface area contributed by atoms with Gasteiger partial charge in [-0.25, -0.2) is 35.0 Å². The Morgan fingerprint density at radius 2 is 1.10 bits per heavy atom. The van der Waals surface area contributed by atoms with Gasteiger partial charge < -0.3 is 64.7 Å². The van der Waals surface area contributed by atoms with Gasteiger partial charge in [-0.05, 0) is 141 Å². The van der Waals surface area contributed by atoms with Crippen molar-refractivity contribution < 1.29 is 57.1 Å². The number of carbonyl (C=O) groups excluding carboxylic acids is 2. The summed E-state index contributed by atoms with van der Waals surface area (Å²) in [5.74, 6) is 0.376. The van der Waals surface area contributed by atoms with E-state index in [0.29, 0.717) is 51.2 Å². The molecule has 6 aromatic rings. The van der Waals surface area contributed by atoms with Crippen LogP contribution in [-0.2, 0) is 50.8 Å². The minimum absolute atomic E-state index is 0. The molecule has 2 saturated carbocycles. The number of nitrogens with one attached hydrogen (secondary N) is 1. The fourth-order valence-corrected chi connectivity index (χ4v) is 10.5. The molecule has 0 spiro atoms. The molecule has 29 heteroatoms. The van der Waals surface area contributed by atoms with Crippen LogP contribution in [0.15, 0.2) is 73.8 Å². The first kappa shape index (κ1) is 66.3. The summed E-state index contributed by atoms with van der Waals surface area (Å²) in [6, 6.07) is 12.8. The van der Waals surface area contributed by atoms with Gasteiger partial charge in [-0.2, -0.15) is 0 Å². The molecule has 1 unspecified atom stereocenters. The van der Waals surface area contributed by atoms with Gasteiger partial charge in [0.2, 0.25) is 0 Å². The van der Waals surface area contributed by atoms with Crippen molar-refractivity contribution in [1.82, 2.24) is 44.1 Å². The summed E-state index contributed by atoms with van der Waals surface area (Å²) in [6.45, 7) is 10.9. The van der Waals surface area contributed by atoms with Crippen LogP contribution in [0, 0.1) is 0 Å². The third kappa shape index (κ3) is 22.3. The number of phenols is 1. The summed E-state index contributed by atoms with van der Waals surface area (Å²) in [4.78, 5) is 66.3. The van der Waals surface area contributed by atoms with E-state index in [1.54, 1.807) is 98.6 Å². The van der Waals surface area contributed by atoms with Gasteiger partial charge in [0.15, 0.2) is 22.9 Å². The fourth-order valence-electron chi connectivity index (χ4n) is 7.80. The number of esters is 2. The first-order valence-electron chi connectivity index (χ1n) is 25.3. The molecule has 0 saturated heterocycles. The molecule has 2 fully saturated rings. The molecule has 2 aliphatic rings. The van der Waals surface area contributed by atoms with Crippen molar-refractivity contribution in [3.63, 3.8) is 0 Å². The van der Waals surface area contributed by atoms with Crippen LogP contribution < -0.4 is 26.8 Å². The maximum Gasteiger partial charge on any atom is 0.350 e. The Balaban J connectivity index is 0.000000269. The Kier molecular flexibility index (Phi) is 25.6. The van der Waals surface area contributed by atoms with E-state index in [0.717, 1.165) is 44.9 Å². The van der Waals surface area contributed by atoms with Crippen molar-refractivity contribution in [2.24, 2.45) is 5.73 Å². The minimum atomic E-state index is -4.16. The lowest BCUT2D eigenvalue weighted by atomic mass is 9.97. The van der Waals surface area contributed by atoms with Gasteiger partial charge >= 0.3 is 27.1 Å². The average molecular weight is 1200 g/mol. The highest BCUT2D eigenvalue weighted by Crippen LogP contribution is 2.46. The lowest BCUT2D eigenvalue weighted by Crippen LogP contribution is -2.48. The average Bonchev–Trinajstić information content (AvgIpc) is 4.01. The Hall–Kier alpha value is -5.23. The minimum Gasteiger partial charge on any atom is -0.508 e. The smallest absolute Gasteiger partial charge is 0.350 e. The molecular formula is C50H73Cl3N12O12P2. The SMILES string of the molecule is CC(C)(N)C(=O)OC1CCCCC1.C[C@H](Cn1cnc2c(N)ncnc21)OCP(=O)(NC(C)(C)C(=O)OC1CCCCC1)Oc1ccc(Cl)cc1.C[C@H](Cn1cnc2c(N)ncnc21)OCP(=O)(O)O.Cl.Oc1ccc(Cl)cc1. The summed E-state index contributed by atoms with van der Waals surface area (Å²) in [6.07, 6.45) is 14.6. The van der Waals surface area contributed by atoms with Crippen molar-refractivity contribution in [3.8, 4) is 11.5 Å². The van der Waals surface area contributed by atoms with Gasteiger partial charge in [0, 0.05) is 10.0 Å². The summed E-state index contributed by atoms with van der Waals surface area (Å²) < 4.78 is 56.3. The van der Waals surface area contributed by atoms with Crippen molar-refractivity contribution in [2.45, 2.75) is 154 Å². The number of benzene rings is 2. The Morgan fingerprint density at radius 3 is 1.52 bits per heavy atom. The molecule has 2 aromatic carbocycles. The number of carbonyl (C=O) groups is 2. The quantitative estimate of drug-likeness (QED) is 0.0312. The molecule has 3 atom stereocenters. The van der Waals surface area contributed by atoms with Crippen LogP contribution in [0.5, 0.6) is 11.5 Å². The second-order valence-corrected chi connectivity index (χ2v) is 24.5. The highest BCUT2D eigenvalue weighted by Gasteiger charge is 2.41. The van der Waals surface area contributed by atoms with E-state index < -0.39 is 50.7 Å². The number of aromatic nitrogens is 8. The van der Waals surface area contributed by atoms with E-state index in [1.807, 2.05) is 6.92 Å². The topological polar surface area (TPSA) is 352 Å². The number of anilines is 2. The molecule has 79 heavy (non-hydrogen) atoms. The van der Waals surface area contributed by atoms with Crippen LogP contribution in [0.25, 0.3) is 22.3 Å². The van der Waals surface area contributed by atoms with E-state index in [2.05, 4.69) is 35.0 Å². The number of phenolic OH excluding ortho intramolecular Hbond substituents is 1. The first-order valence-corrected chi connectivity index (χ1v) is 29.7. The normalized spacial score (nSPS) is 15.8. The molecule has 2 aliphatic carbocycles. The predicted molar refractivity (Wildman–Crippen MR) is 304 cm³/mol. The molecule has 0 radical (unpaired) electrons. The van der Waals surface area contributed by atoms with Crippen molar-refractivity contribution in [3.05, 3.63) is 83.9 Å². The van der Waals surface area contributed by atoms with E-state index in [1.165, 1.54) is 38.2 Å². The molecular weight excluding hydrogens is 1130 g/mol. The lowest BCUT2D eigenvalue weighted by molar-refractivity contribution is -0.157. The van der Waals surface area contributed by atoms with Crippen LogP contribution >= 0.6 is 50.7 Å². The fraction of sp³-hybridized carbons (Fsp3) is 0.520. The number of aromatic hydroxyl groups is 1. The summed E-state index contributed by atoms with van der Waals surface area (Å²) >= 11 is 11.5. The number of imidazole rings is 2. The number of hydrogen-bond donors (Lipinski definition) is 7. The van der Waals surface area contributed by atoms with Crippen LogP contribution in [0.4, 0.5) is 11.6 Å². The number of ether oxygens (including phenoxy) is 4. The van der Waals surface area contributed by atoms with Crippen LogP contribution in [0.3, 0.4) is 0 Å². The van der Waals surface area contributed by atoms with Crippen molar-refractivity contribution in [2.75, 3.05) is 24.2 Å². The maximum atomic E-state index is 14.1. The molecule has 0 aliphatic heterocycles. The van der Waals surface area contributed by atoms with Crippen LogP contribution in [0.1, 0.15) is 106 Å². The van der Waals surface area contributed by atoms with Gasteiger partial charge in [0.25, 0.3) is 0 Å². The second-order valence-electron chi connectivity index (χ2n) is 20.0. The highest BCUT2D eigenvalue weighted by molar-refractivity contribution is 7.57. The molecule has 10 N–H and O–H groups in total. The highest BCUT2D eigenvalue weighted by atomic mass is 35.5. The van der Waals surface area contributed by atoms with Crippen LogP contribution in [0.2, 0.25) is 10.0 Å². The zero-order chi connectivity index (χ0) is 57.3. The molecule has 0 amide bonds. The van der Waals surface area contributed by atoms with E-state index in [9.17, 15) is 18.7 Å². The zero-order valence-corrected chi connectivity index (χ0v) is 49.1. The van der Waals surface area contributed by atoms with Gasteiger partial charge in [-0.3, -0.25) is 18.7 Å².